The molecular formula is C20H19N5S. The van der Waals surface area contributed by atoms with Gasteiger partial charge in [-0.25, -0.2) is 0 Å². The van der Waals surface area contributed by atoms with Crippen LogP contribution in [0, 0.1) is 4.77 Å². The van der Waals surface area contributed by atoms with E-state index in [1.54, 1.807) is 4.68 Å². The van der Waals surface area contributed by atoms with Crippen LogP contribution in [0.5, 0.6) is 0 Å². The smallest absolute Gasteiger partial charge is 0.216 e. The summed E-state index contributed by atoms with van der Waals surface area (Å²) in [5.41, 5.74) is 4.52. The van der Waals surface area contributed by atoms with Crippen LogP contribution in [0.4, 0.5) is 0 Å². The van der Waals surface area contributed by atoms with Crippen molar-refractivity contribution < 1.29 is 0 Å². The van der Waals surface area contributed by atoms with Crippen molar-refractivity contribution in [1.82, 2.24) is 19.4 Å². The Balaban J connectivity index is 1.95. The zero-order chi connectivity index (χ0) is 18.1. The van der Waals surface area contributed by atoms with Gasteiger partial charge in [0, 0.05) is 29.9 Å². The van der Waals surface area contributed by atoms with E-state index < -0.39 is 0 Å². The van der Waals surface area contributed by atoms with Gasteiger partial charge < -0.3 is 4.57 Å². The largest absolute Gasteiger partial charge is 0.343 e. The summed E-state index contributed by atoms with van der Waals surface area (Å²) in [6.45, 7) is 2.03. The molecule has 26 heavy (non-hydrogen) atoms. The molecule has 1 N–H and O–H groups in total. The first kappa shape index (κ1) is 16.5. The lowest BCUT2D eigenvalue weighted by Gasteiger charge is -2.06. The van der Waals surface area contributed by atoms with E-state index in [0.29, 0.717) is 4.77 Å². The number of hydrogen-bond acceptors (Lipinski definition) is 3. The maximum absolute atomic E-state index is 5.31. The average Bonchev–Trinajstić information content (AvgIpc) is 3.18. The summed E-state index contributed by atoms with van der Waals surface area (Å²) in [5, 5.41) is 12.8. The third-order valence-corrected chi connectivity index (χ3v) is 4.79. The minimum Gasteiger partial charge on any atom is -0.343 e. The van der Waals surface area contributed by atoms with Crippen LogP contribution < -0.4 is 0 Å². The summed E-state index contributed by atoms with van der Waals surface area (Å²) in [6.07, 6.45) is 2.64. The number of nitrogens with zero attached hydrogens (tertiary/aromatic N) is 4. The highest BCUT2D eigenvalue weighted by Crippen LogP contribution is 2.31. The number of aromatic nitrogens is 4. The Morgan fingerprint density at radius 2 is 1.85 bits per heavy atom. The van der Waals surface area contributed by atoms with E-state index in [9.17, 15) is 0 Å². The molecule has 4 aromatic rings. The number of hydrogen-bond donors (Lipinski definition) is 1. The lowest BCUT2D eigenvalue weighted by molar-refractivity contribution is 0.780. The van der Waals surface area contributed by atoms with E-state index >= 15 is 0 Å². The van der Waals surface area contributed by atoms with Crippen LogP contribution in [0.1, 0.15) is 18.3 Å². The number of benzene rings is 2. The fraction of sp³-hybridized carbons (Fsp3) is 0.150. The van der Waals surface area contributed by atoms with Gasteiger partial charge in [-0.05, 0) is 23.8 Å². The molecule has 130 valence electrons. The molecule has 0 spiro atoms. The third kappa shape index (κ3) is 2.68. The van der Waals surface area contributed by atoms with E-state index in [-0.39, 0.29) is 0 Å². The molecule has 0 saturated heterocycles. The maximum Gasteiger partial charge on any atom is 0.216 e. The lowest BCUT2D eigenvalue weighted by Crippen LogP contribution is -1.98. The number of aromatic amines is 1. The van der Waals surface area contributed by atoms with Gasteiger partial charge in [0.15, 0.2) is 5.82 Å². The molecule has 0 unspecified atom stereocenters. The van der Waals surface area contributed by atoms with Crippen LogP contribution in [0.3, 0.4) is 0 Å². The second kappa shape index (κ2) is 6.72. The quantitative estimate of drug-likeness (QED) is 0.428. The van der Waals surface area contributed by atoms with Crippen molar-refractivity contribution in [2.45, 2.75) is 13.3 Å². The number of aryl methyl sites for hydroxylation is 2. The molecular weight excluding hydrogens is 342 g/mol. The van der Waals surface area contributed by atoms with Crippen molar-refractivity contribution in [2.75, 3.05) is 0 Å². The van der Waals surface area contributed by atoms with Crippen LogP contribution in [0.25, 0.3) is 22.2 Å². The van der Waals surface area contributed by atoms with Gasteiger partial charge in [-0.2, -0.15) is 14.9 Å². The fourth-order valence-corrected chi connectivity index (χ4v) is 3.48. The van der Waals surface area contributed by atoms with Gasteiger partial charge in [0.1, 0.15) is 0 Å². The zero-order valence-electron chi connectivity index (χ0n) is 14.7. The van der Waals surface area contributed by atoms with Crippen molar-refractivity contribution >= 4 is 29.3 Å². The molecule has 0 amide bonds. The summed E-state index contributed by atoms with van der Waals surface area (Å²) >= 11 is 5.31. The Morgan fingerprint density at radius 1 is 1.12 bits per heavy atom. The number of para-hydroxylation sites is 1. The monoisotopic (exact) mass is 361 g/mol. The third-order valence-electron chi connectivity index (χ3n) is 4.53. The minimum atomic E-state index is 0.500. The van der Waals surface area contributed by atoms with Gasteiger partial charge in [0.2, 0.25) is 4.77 Å². The molecule has 2 heterocycles. The van der Waals surface area contributed by atoms with Crippen molar-refractivity contribution in [3.8, 4) is 11.3 Å². The predicted octanol–water partition coefficient (Wildman–Crippen LogP) is 4.54. The Labute approximate surface area is 156 Å². The molecule has 0 atom stereocenters. The first-order valence-electron chi connectivity index (χ1n) is 8.54. The van der Waals surface area contributed by atoms with E-state index in [0.717, 1.165) is 34.5 Å². The highest BCUT2D eigenvalue weighted by atomic mass is 32.1. The first-order valence-corrected chi connectivity index (χ1v) is 8.95. The van der Waals surface area contributed by atoms with Crippen LogP contribution in [-0.2, 0) is 13.5 Å². The molecule has 0 aliphatic rings. The van der Waals surface area contributed by atoms with Crippen LogP contribution in [0.2, 0.25) is 0 Å². The SMILES string of the molecule is CCc1n[nH]c(=S)n1/N=C/c1c(-c2ccccc2)n(C)c2ccccc12. The first-order chi connectivity index (χ1) is 12.7. The molecule has 0 fully saturated rings. The van der Waals surface area contributed by atoms with Gasteiger partial charge in [-0.3, -0.25) is 5.10 Å². The Kier molecular flexibility index (Phi) is 4.26. The Bertz CT molecular complexity index is 1150. The highest BCUT2D eigenvalue weighted by Gasteiger charge is 2.15. The zero-order valence-corrected chi connectivity index (χ0v) is 15.5. The maximum atomic E-state index is 5.31. The van der Waals surface area contributed by atoms with Crippen molar-refractivity contribution in [1.29, 1.82) is 0 Å². The molecule has 2 aromatic heterocycles. The molecule has 0 bridgehead atoms. The molecule has 6 heteroatoms. The summed E-state index contributed by atoms with van der Waals surface area (Å²) in [5.74, 6) is 0.813. The molecule has 5 nitrogen and oxygen atoms in total. The van der Waals surface area contributed by atoms with E-state index in [2.05, 4.69) is 75.4 Å². The molecule has 2 aromatic carbocycles. The van der Waals surface area contributed by atoms with Crippen LogP contribution in [-0.4, -0.2) is 25.7 Å². The molecule has 4 rings (SSSR count). The van der Waals surface area contributed by atoms with E-state index in [4.69, 9.17) is 12.2 Å². The van der Waals surface area contributed by atoms with Gasteiger partial charge >= 0.3 is 0 Å². The Hall–Kier alpha value is -2.99. The molecule has 0 radical (unpaired) electrons. The van der Waals surface area contributed by atoms with E-state index in [1.807, 2.05) is 19.2 Å². The number of rotatable bonds is 4. The fourth-order valence-electron chi connectivity index (χ4n) is 3.29. The molecule has 0 aliphatic carbocycles. The van der Waals surface area contributed by atoms with Gasteiger partial charge in [0.05, 0.1) is 11.9 Å². The normalized spacial score (nSPS) is 11.6. The van der Waals surface area contributed by atoms with Gasteiger partial charge in [-0.15, -0.1) is 0 Å². The van der Waals surface area contributed by atoms with E-state index in [1.165, 1.54) is 5.52 Å². The van der Waals surface area contributed by atoms with Crippen molar-refractivity contribution in [3.05, 3.63) is 70.8 Å². The summed E-state index contributed by atoms with van der Waals surface area (Å²) in [6, 6.07) is 18.7. The van der Waals surface area contributed by atoms with Crippen molar-refractivity contribution in [3.63, 3.8) is 0 Å². The summed E-state index contributed by atoms with van der Waals surface area (Å²) < 4.78 is 4.40. The van der Waals surface area contributed by atoms with Gasteiger partial charge in [0.25, 0.3) is 0 Å². The van der Waals surface area contributed by atoms with Crippen LogP contribution >= 0.6 is 12.2 Å². The lowest BCUT2D eigenvalue weighted by atomic mass is 10.1. The van der Waals surface area contributed by atoms with Crippen molar-refractivity contribution in [2.24, 2.45) is 12.1 Å². The summed E-state index contributed by atoms with van der Waals surface area (Å²) in [7, 11) is 2.09. The molecule has 0 aliphatic heterocycles. The minimum absolute atomic E-state index is 0.500. The summed E-state index contributed by atoms with van der Waals surface area (Å²) in [4.78, 5) is 0. The second-order valence-electron chi connectivity index (χ2n) is 6.06. The Morgan fingerprint density at radius 3 is 2.62 bits per heavy atom. The molecule has 0 saturated carbocycles. The average molecular weight is 361 g/mol. The topological polar surface area (TPSA) is 50.9 Å². The van der Waals surface area contributed by atoms with Crippen LogP contribution in [0.15, 0.2) is 59.7 Å². The number of fused-ring (bicyclic) bond motifs is 1. The standard InChI is InChI=1S/C20H19N5S/c1-3-18-22-23-20(26)25(18)21-13-16-15-11-7-8-12-17(15)24(2)19(16)14-9-5-4-6-10-14/h4-13H,3H2,1-2H3,(H,23,26)/b21-13+. The predicted molar refractivity (Wildman–Crippen MR) is 108 cm³/mol. The second-order valence-corrected chi connectivity index (χ2v) is 6.45. The number of H-pyrrole nitrogens is 1. The highest BCUT2D eigenvalue weighted by molar-refractivity contribution is 7.71. The number of nitrogens with one attached hydrogen (secondary N) is 1. The van der Waals surface area contributed by atoms with Gasteiger partial charge in [-0.1, -0.05) is 55.5 Å².